The second-order valence-electron chi connectivity index (χ2n) is 8.27. The standard InChI is InChI=1S/C24H31N3O3/c1-17(16-29-2)30-21-10-6-7-18(13-21)15-27(20-11-12-20)24(28)23-14-22(25-26-23)19-8-4-3-5-9-19/h3-10,13,17,20,22-23,25-26H,11-12,14-16H2,1-2H3. The fourth-order valence-corrected chi connectivity index (χ4v) is 4.01. The Morgan fingerprint density at radius 1 is 1.13 bits per heavy atom. The third kappa shape index (κ3) is 5.19. The van der Waals surface area contributed by atoms with Gasteiger partial charge in [-0.3, -0.25) is 4.79 Å². The van der Waals surface area contributed by atoms with Crippen molar-refractivity contribution >= 4 is 5.91 Å². The van der Waals surface area contributed by atoms with Crippen molar-refractivity contribution in [3.63, 3.8) is 0 Å². The molecule has 2 aromatic rings. The van der Waals surface area contributed by atoms with Gasteiger partial charge in [0, 0.05) is 25.7 Å². The number of methoxy groups -OCH3 is 1. The van der Waals surface area contributed by atoms with E-state index >= 15 is 0 Å². The average molecular weight is 410 g/mol. The summed E-state index contributed by atoms with van der Waals surface area (Å²) >= 11 is 0. The number of rotatable bonds is 9. The van der Waals surface area contributed by atoms with Gasteiger partial charge in [-0.2, -0.15) is 0 Å². The predicted molar refractivity (Wildman–Crippen MR) is 116 cm³/mol. The van der Waals surface area contributed by atoms with E-state index < -0.39 is 0 Å². The summed E-state index contributed by atoms with van der Waals surface area (Å²) in [5.74, 6) is 0.979. The van der Waals surface area contributed by atoms with E-state index in [1.807, 2.05) is 48.2 Å². The van der Waals surface area contributed by atoms with Crippen molar-refractivity contribution in [1.29, 1.82) is 0 Å². The summed E-state index contributed by atoms with van der Waals surface area (Å²) in [6, 6.07) is 18.6. The molecule has 0 spiro atoms. The van der Waals surface area contributed by atoms with Gasteiger partial charge in [0.2, 0.25) is 5.91 Å². The van der Waals surface area contributed by atoms with Crippen molar-refractivity contribution < 1.29 is 14.3 Å². The maximum absolute atomic E-state index is 13.3. The smallest absolute Gasteiger partial charge is 0.241 e. The molecular weight excluding hydrogens is 378 g/mol. The Balaban J connectivity index is 1.40. The van der Waals surface area contributed by atoms with Crippen LogP contribution in [0.25, 0.3) is 0 Å². The van der Waals surface area contributed by atoms with Gasteiger partial charge < -0.3 is 14.4 Å². The minimum absolute atomic E-state index is 0.0184. The van der Waals surface area contributed by atoms with E-state index in [-0.39, 0.29) is 24.1 Å². The van der Waals surface area contributed by atoms with Crippen LogP contribution in [0, 0.1) is 0 Å². The van der Waals surface area contributed by atoms with E-state index in [0.717, 1.165) is 30.6 Å². The normalized spacial score (nSPS) is 21.9. The van der Waals surface area contributed by atoms with Gasteiger partial charge in [-0.25, -0.2) is 10.9 Å². The van der Waals surface area contributed by atoms with Gasteiger partial charge >= 0.3 is 0 Å². The molecule has 1 saturated heterocycles. The lowest BCUT2D eigenvalue weighted by molar-refractivity contribution is -0.134. The maximum atomic E-state index is 13.3. The number of carbonyl (C=O) groups excluding carboxylic acids is 1. The first kappa shape index (κ1) is 20.8. The minimum atomic E-state index is -0.211. The summed E-state index contributed by atoms with van der Waals surface area (Å²) in [6.45, 7) is 3.13. The van der Waals surface area contributed by atoms with Crippen LogP contribution in [0.3, 0.4) is 0 Å². The number of hydrogen-bond donors (Lipinski definition) is 2. The van der Waals surface area contributed by atoms with Crippen LogP contribution in [0.4, 0.5) is 0 Å². The first-order valence-electron chi connectivity index (χ1n) is 10.7. The van der Waals surface area contributed by atoms with Crippen molar-refractivity contribution in [2.24, 2.45) is 0 Å². The molecule has 1 amide bonds. The molecule has 1 aliphatic carbocycles. The average Bonchev–Trinajstić information content (AvgIpc) is 3.48. The molecule has 0 aromatic heterocycles. The molecular formula is C24H31N3O3. The van der Waals surface area contributed by atoms with Gasteiger partial charge in [0.25, 0.3) is 0 Å². The highest BCUT2D eigenvalue weighted by molar-refractivity contribution is 5.83. The van der Waals surface area contributed by atoms with Crippen molar-refractivity contribution in [3.05, 3.63) is 65.7 Å². The second kappa shape index (κ2) is 9.60. The molecule has 4 rings (SSSR count). The van der Waals surface area contributed by atoms with E-state index in [4.69, 9.17) is 9.47 Å². The molecule has 3 unspecified atom stereocenters. The molecule has 2 N–H and O–H groups in total. The summed E-state index contributed by atoms with van der Waals surface area (Å²) in [5.41, 5.74) is 8.81. The van der Waals surface area contributed by atoms with Gasteiger partial charge in [-0.1, -0.05) is 42.5 Å². The fourth-order valence-electron chi connectivity index (χ4n) is 4.01. The highest BCUT2D eigenvalue weighted by Crippen LogP contribution is 2.31. The lowest BCUT2D eigenvalue weighted by Crippen LogP contribution is -2.46. The third-order valence-corrected chi connectivity index (χ3v) is 5.66. The second-order valence-corrected chi connectivity index (χ2v) is 8.27. The van der Waals surface area contributed by atoms with Gasteiger partial charge in [-0.05, 0) is 49.4 Å². The zero-order valence-corrected chi connectivity index (χ0v) is 17.7. The van der Waals surface area contributed by atoms with Crippen LogP contribution in [0.2, 0.25) is 0 Å². The molecule has 1 heterocycles. The molecule has 2 aliphatic rings. The third-order valence-electron chi connectivity index (χ3n) is 5.66. The van der Waals surface area contributed by atoms with Gasteiger partial charge in [0.05, 0.1) is 6.61 Å². The zero-order chi connectivity index (χ0) is 20.9. The molecule has 3 atom stereocenters. The number of nitrogens with one attached hydrogen (secondary N) is 2. The lowest BCUT2D eigenvalue weighted by atomic mass is 10.0. The van der Waals surface area contributed by atoms with Gasteiger partial charge in [-0.15, -0.1) is 0 Å². The highest BCUT2D eigenvalue weighted by atomic mass is 16.5. The Kier molecular flexibility index (Phi) is 6.67. The summed E-state index contributed by atoms with van der Waals surface area (Å²) in [6.07, 6.45) is 2.89. The van der Waals surface area contributed by atoms with Crippen molar-refractivity contribution in [3.8, 4) is 5.75 Å². The summed E-state index contributed by atoms with van der Waals surface area (Å²) in [7, 11) is 1.67. The lowest BCUT2D eigenvalue weighted by Gasteiger charge is -2.26. The first-order valence-corrected chi connectivity index (χ1v) is 10.7. The first-order chi connectivity index (χ1) is 14.6. The summed E-state index contributed by atoms with van der Waals surface area (Å²) in [5, 5.41) is 0. The number of ether oxygens (including phenoxy) is 2. The zero-order valence-electron chi connectivity index (χ0n) is 17.7. The predicted octanol–water partition coefficient (Wildman–Crippen LogP) is 3.20. The van der Waals surface area contributed by atoms with Gasteiger partial charge in [0.15, 0.2) is 0 Å². The van der Waals surface area contributed by atoms with E-state index in [1.54, 1.807) is 7.11 Å². The van der Waals surface area contributed by atoms with Crippen LogP contribution in [0.5, 0.6) is 5.75 Å². The molecule has 6 heteroatoms. The van der Waals surface area contributed by atoms with E-state index in [2.05, 4.69) is 29.1 Å². The summed E-state index contributed by atoms with van der Waals surface area (Å²) in [4.78, 5) is 15.4. The maximum Gasteiger partial charge on any atom is 0.241 e. The number of amides is 1. The number of hydrazine groups is 1. The van der Waals surface area contributed by atoms with Crippen LogP contribution in [-0.4, -0.2) is 42.7 Å². The molecule has 0 bridgehead atoms. The highest BCUT2D eigenvalue weighted by Gasteiger charge is 2.39. The molecule has 0 radical (unpaired) electrons. The van der Waals surface area contributed by atoms with Crippen LogP contribution in [-0.2, 0) is 16.1 Å². The molecule has 1 saturated carbocycles. The Morgan fingerprint density at radius 3 is 2.67 bits per heavy atom. The number of nitrogens with zero attached hydrogens (tertiary/aromatic N) is 1. The monoisotopic (exact) mass is 409 g/mol. The Hall–Kier alpha value is -2.41. The minimum Gasteiger partial charge on any atom is -0.488 e. The molecule has 160 valence electrons. The Morgan fingerprint density at radius 2 is 1.93 bits per heavy atom. The van der Waals surface area contributed by atoms with Crippen molar-refractivity contribution in [1.82, 2.24) is 15.8 Å². The topological polar surface area (TPSA) is 62.8 Å². The van der Waals surface area contributed by atoms with Crippen molar-refractivity contribution in [2.45, 2.75) is 57.0 Å². The molecule has 2 fully saturated rings. The van der Waals surface area contributed by atoms with Crippen molar-refractivity contribution in [2.75, 3.05) is 13.7 Å². The number of benzene rings is 2. The quantitative estimate of drug-likeness (QED) is 0.666. The van der Waals surface area contributed by atoms with E-state index in [0.29, 0.717) is 19.2 Å². The number of carbonyl (C=O) groups is 1. The SMILES string of the molecule is COCC(C)Oc1cccc(CN(C(=O)C2CC(c3ccccc3)NN2)C2CC2)c1. The van der Waals surface area contributed by atoms with E-state index in [9.17, 15) is 4.79 Å². The molecule has 30 heavy (non-hydrogen) atoms. The van der Waals surface area contributed by atoms with Crippen LogP contribution in [0.1, 0.15) is 43.4 Å². The molecule has 1 aliphatic heterocycles. The van der Waals surface area contributed by atoms with Crippen LogP contribution in [0.15, 0.2) is 54.6 Å². The van der Waals surface area contributed by atoms with Crippen LogP contribution < -0.4 is 15.6 Å². The van der Waals surface area contributed by atoms with E-state index in [1.165, 1.54) is 5.56 Å². The van der Waals surface area contributed by atoms with Gasteiger partial charge in [0.1, 0.15) is 17.9 Å². The largest absolute Gasteiger partial charge is 0.488 e. The Labute approximate surface area is 178 Å². The molecule has 6 nitrogen and oxygen atoms in total. The molecule has 2 aromatic carbocycles. The Bertz CT molecular complexity index is 841. The fraction of sp³-hybridized carbons (Fsp3) is 0.458. The number of hydrogen-bond acceptors (Lipinski definition) is 5. The van der Waals surface area contributed by atoms with Crippen LogP contribution >= 0.6 is 0 Å². The summed E-state index contributed by atoms with van der Waals surface area (Å²) < 4.78 is 11.1.